The number of para-hydroxylation sites is 1. The first kappa shape index (κ1) is 19.6. The first-order valence-electron chi connectivity index (χ1n) is 7.55. The highest BCUT2D eigenvalue weighted by molar-refractivity contribution is 7.99. The van der Waals surface area contributed by atoms with E-state index >= 15 is 0 Å². The molecular weight excluding hydrogens is 374 g/mol. The largest absolute Gasteiger partial charge is 0.465 e. The lowest BCUT2D eigenvalue weighted by Crippen LogP contribution is -2.23. The molecule has 0 aliphatic rings. The number of nitriles is 1. The Morgan fingerprint density at radius 2 is 2.00 bits per heavy atom. The number of benzene rings is 2. The topological polar surface area (TPSA) is 91.2 Å². The highest BCUT2D eigenvalue weighted by Gasteiger charge is 2.14. The Hall–Kier alpha value is -2.69. The third kappa shape index (κ3) is 5.41. The van der Waals surface area contributed by atoms with Crippen molar-refractivity contribution in [2.75, 3.05) is 30.0 Å². The molecule has 0 fully saturated rings. The molecule has 2 aromatic carbocycles. The molecule has 0 saturated carbocycles. The number of thioether (sulfide) groups is 1. The molecule has 0 heterocycles. The van der Waals surface area contributed by atoms with Crippen molar-refractivity contribution in [1.29, 1.82) is 5.26 Å². The Morgan fingerprint density at radius 3 is 2.73 bits per heavy atom. The molecule has 0 spiro atoms. The molecule has 0 atom stereocenters. The van der Waals surface area contributed by atoms with Crippen molar-refractivity contribution < 1.29 is 14.3 Å². The van der Waals surface area contributed by atoms with Crippen LogP contribution >= 0.6 is 23.4 Å². The van der Waals surface area contributed by atoms with E-state index in [1.807, 2.05) is 12.1 Å². The average molecular weight is 390 g/mol. The Balaban J connectivity index is 2.04. The molecule has 2 aromatic rings. The second kappa shape index (κ2) is 9.70. The van der Waals surface area contributed by atoms with Crippen molar-refractivity contribution in [2.24, 2.45) is 0 Å². The summed E-state index contributed by atoms with van der Waals surface area (Å²) in [5.74, 6) is -0.548. The maximum Gasteiger partial charge on any atom is 0.340 e. The molecule has 6 nitrogen and oxygen atoms in total. The number of anilines is 2. The SMILES string of the molecule is COC(=O)c1cc(Cl)ccc1NCC(=O)Nc1ccccc1SCC#N. The van der Waals surface area contributed by atoms with Crippen LogP contribution in [0.15, 0.2) is 47.4 Å². The van der Waals surface area contributed by atoms with E-state index in [4.69, 9.17) is 21.6 Å². The minimum atomic E-state index is -0.548. The lowest BCUT2D eigenvalue weighted by atomic mass is 10.2. The second-order valence-electron chi connectivity index (χ2n) is 5.03. The average Bonchev–Trinajstić information content (AvgIpc) is 2.65. The number of amides is 1. The summed E-state index contributed by atoms with van der Waals surface area (Å²) in [7, 11) is 1.27. The molecule has 0 bridgehead atoms. The van der Waals surface area contributed by atoms with Crippen LogP contribution in [0.2, 0.25) is 5.02 Å². The summed E-state index contributed by atoms with van der Waals surface area (Å²) in [5.41, 5.74) is 1.32. The van der Waals surface area contributed by atoms with Gasteiger partial charge >= 0.3 is 5.97 Å². The number of nitrogens with zero attached hydrogens (tertiary/aromatic N) is 1. The van der Waals surface area contributed by atoms with E-state index in [1.165, 1.54) is 24.9 Å². The molecule has 2 N–H and O–H groups in total. The van der Waals surface area contributed by atoms with Crippen LogP contribution in [0.1, 0.15) is 10.4 Å². The van der Waals surface area contributed by atoms with Crippen molar-refractivity contribution in [3.05, 3.63) is 53.1 Å². The number of esters is 1. The number of methoxy groups -OCH3 is 1. The molecule has 8 heteroatoms. The van der Waals surface area contributed by atoms with Crippen molar-refractivity contribution in [3.63, 3.8) is 0 Å². The minimum absolute atomic E-state index is 0.0527. The van der Waals surface area contributed by atoms with Gasteiger partial charge in [-0.3, -0.25) is 4.79 Å². The van der Waals surface area contributed by atoms with Gasteiger partial charge in [-0.1, -0.05) is 23.7 Å². The molecule has 1 amide bonds. The molecule has 0 radical (unpaired) electrons. The Bertz CT molecular complexity index is 852. The third-order valence-electron chi connectivity index (χ3n) is 3.28. The zero-order valence-electron chi connectivity index (χ0n) is 13.9. The van der Waals surface area contributed by atoms with Gasteiger partial charge in [0.1, 0.15) is 0 Å². The molecule has 0 saturated heterocycles. The number of hydrogen-bond acceptors (Lipinski definition) is 6. The summed E-state index contributed by atoms with van der Waals surface area (Å²) in [6.45, 7) is -0.0527. The predicted molar refractivity (Wildman–Crippen MR) is 103 cm³/mol. The molecule has 0 aliphatic carbocycles. The summed E-state index contributed by atoms with van der Waals surface area (Å²) >= 11 is 7.25. The smallest absolute Gasteiger partial charge is 0.340 e. The number of ether oxygens (including phenoxy) is 1. The summed E-state index contributed by atoms with van der Waals surface area (Å²) in [5, 5.41) is 14.8. The Labute approximate surface area is 160 Å². The van der Waals surface area contributed by atoms with Crippen LogP contribution in [0.4, 0.5) is 11.4 Å². The molecule has 26 heavy (non-hydrogen) atoms. The van der Waals surface area contributed by atoms with Crippen LogP contribution in [0.25, 0.3) is 0 Å². The van der Waals surface area contributed by atoms with Gasteiger partial charge in [-0.05, 0) is 30.3 Å². The fraction of sp³-hybridized carbons (Fsp3) is 0.167. The highest BCUT2D eigenvalue weighted by Crippen LogP contribution is 2.26. The molecular formula is C18H16ClN3O3S. The van der Waals surface area contributed by atoms with E-state index in [-0.39, 0.29) is 18.0 Å². The van der Waals surface area contributed by atoms with Crippen molar-refractivity contribution >= 4 is 46.6 Å². The van der Waals surface area contributed by atoms with Crippen LogP contribution in [0.5, 0.6) is 0 Å². The van der Waals surface area contributed by atoms with Crippen LogP contribution in [-0.4, -0.2) is 31.3 Å². The lowest BCUT2D eigenvalue weighted by Gasteiger charge is -2.13. The molecule has 0 unspecified atom stereocenters. The molecule has 0 aromatic heterocycles. The number of carbonyl (C=O) groups excluding carboxylic acids is 2. The van der Waals surface area contributed by atoms with Crippen molar-refractivity contribution in [1.82, 2.24) is 0 Å². The zero-order valence-corrected chi connectivity index (χ0v) is 15.5. The van der Waals surface area contributed by atoms with E-state index in [2.05, 4.69) is 16.7 Å². The van der Waals surface area contributed by atoms with E-state index in [0.29, 0.717) is 22.2 Å². The van der Waals surface area contributed by atoms with E-state index in [9.17, 15) is 9.59 Å². The van der Waals surface area contributed by atoms with Crippen LogP contribution < -0.4 is 10.6 Å². The predicted octanol–water partition coefficient (Wildman–Crippen LogP) is 3.79. The minimum Gasteiger partial charge on any atom is -0.465 e. The maximum absolute atomic E-state index is 12.2. The van der Waals surface area contributed by atoms with Gasteiger partial charge in [0.25, 0.3) is 0 Å². The normalized spacial score (nSPS) is 9.88. The molecule has 2 rings (SSSR count). The van der Waals surface area contributed by atoms with E-state index < -0.39 is 5.97 Å². The monoisotopic (exact) mass is 389 g/mol. The summed E-state index contributed by atoms with van der Waals surface area (Å²) in [4.78, 5) is 24.9. The Morgan fingerprint density at radius 1 is 1.23 bits per heavy atom. The summed E-state index contributed by atoms with van der Waals surface area (Å²) < 4.78 is 4.72. The van der Waals surface area contributed by atoms with Crippen LogP contribution in [-0.2, 0) is 9.53 Å². The second-order valence-corrected chi connectivity index (χ2v) is 6.48. The van der Waals surface area contributed by atoms with Gasteiger partial charge in [0.2, 0.25) is 5.91 Å². The highest BCUT2D eigenvalue weighted by atomic mass is 35.5. The van der Waals surface area contributed by atoms with Gasteiger partial charge in [-0.15, -0.1) is 11.8 Å². The third-order valence-corrected chi connectivity index (χ3v) is 4.46. The lowest BCUT2D eigenvalue weighted by molar-refractivity contribution is -0.114. The Kier molecular flexibility index (Phi) is 7.33. The van der Waals surface area contributed by atoms with E-state index in [0.717, 1.165) is 4.90 Å². The van der Waals surface area contributed by atoms with Crippen molar-refractivity contribution in [2.45, 2.75) is 4.90 Å². The number of nitrogens with one attached hydrogen (secondary N) is 2. The van der Waals surface area contributed by atoms with Gasteiger partial charge in [0.15, 0.2) is 0 Å². The maximum atomic E-state index is 12.2. The summed E-state index contributed by atoms with van der Waals surface area (Å²) in [6.07, 6.45) is 0. The standard InChI is InChI=1S/C18H16ClN3O3S/c1-25-18(24)13-10-12(19)6-7-14(13)21-11-17(23)22-15-4-2-3-5-16(15)26-9-8-20/h2-7,10,21H,9,11H2,1H3,(H,22,23). The number of halogens is 1. The van der Waals surface area contributed by atoms with Gasteiger partial charge in [-0.2, -0.15) is 5.26 Å². The van der Waals surface area contributed by atoms with Crippen molar-refractivity contribution in [3.8, 4) is 6.07 Å². The van der Waals surface area contributed by atoms with E-state index in [1.54, 1.807) is 24.3 Å². The molecule has 0 aliphatic heterocycles. The number of carbonyl (C=O) groups is 2. The van der Waals surface area contributed by atoms with Gasteiger partial charge in [0.05, 0.1) is 36.7 Å². The quantitative estimate of drug-likeness (QED) is 0.553. The first-order chi connectivity index (χ1) is 12.5. The molecule has 134 valence electrons. The number of rotatable bonds is 7. The number of hydrogen-bond donors (Lipinski definition) is 2. The van der Waals surface area contributed by atoms with Gasteiger partial charge in [-0.25, -0.2) is 4.79 Å². The van der Waals surface area contributed by atoms with Crippen LogP contribution in [0, 0.1) is 11.3 Å². The first-order valence-corrected chi connectivity index (χ1v) is 8.92. The zero-order chi connectivity index (χ0) is 18.9. The fourth-order valence-electron chi connectivity index (χ4n) is 2.13. The fourth-order valence-corrected chi connectivity index (χ4v) is 2.97. The van der Waals surface area contributed by atoms with Gasteiger partial charge < -0.3 is 15.4 Å². The summed E-state index contributed by atoms with van der Waals surface area (Å²) in [6, 6.07) is 14.0. The van der Waals surface area contributed by atoms with Crippen LogP contribution in [0.3, 0.4) is 0 Å². The van der Waals surface area contributed by atoms with Gasteiger partial charge in [0, 0.05) is 15.6 Å².